The number of para-hydroxylation sites is 1. The van der Waals surface area contributed by atoms with Gasteiger partial charge in [0.15, 0.2) is 0 Å². The quantitative estimate of drug-likeness (QED) is 0.909. The number of hydrogen-bond acceptors (Lipinski definition) is 3. The Morgan fingerprint density at radius 1 is 1.21 bits per heavy atom. The second-order valence-electron chi connectivity index (χ2n) is 4.38. The normalized spacial score (nSPS) is 13.8. The molecular formula is C13H14F3N3. The Labute approximate surface area is 108 Å². The van der Waals surface area contributed by atoms with E-state index < -0.39 is 11.7 Å². The molecule has 1 heterocycles. The van der Waals surface area contributed by atoms with E-state index in [2.05, 4.69) is 15.3 Å². The lowest BCUT2D eigenvalue weighted by molar-refractivity contribution is -0.136. The molecule has 0 aliphatic carbocycles. The summed E-state index contributed by atoms with van der Waals surface area (Å²) in [6, 6.07) is 3.82. The van der Waals surface area contributed by atoms with Gasteiger partial charge in [-0.1, -0.05) is 12.1 Å². The van der Waals surface area contributed by atoms with Gasteiger partial charge in [0.1, 0.15) is 5.82 Å². The molecule has 1 atom stereocenters. The van der Waals surface area contributed by atoms with Gasteiger partial charge in [-0.05, 0) is 27.0 Å². The second kappa shape index (κ2) is 4.77. The van der Waals surface area contributed by atoms with Crippen LogP contribution in [0.5, 0.6) is 0 Å². The van der Waals surface area contributed by atoms with E-state index in [1.54, 1.807) is 27.0 Å². The van der Waals surface area contributed by atoms with E-state index >= 15 is 0 Å². The van der Waals surface area contributed by atoms with Crippen molar-refractivity contribution in [2.75, 3.05) is 7.05 Å². The van der Waals surface area contributed by atoms with Crippen LogP contribution in [0.15, 0.2) is 18.2 Å². The van der Waals surface area contributed by atoms with Crippen LogP contribution in [0.2, 0.25) is 0 Å². The van der Waals surface area contributed by atoms with Crippen LogP contribution < -0.4 is 5.32 Å². The van der Waals surface area contributed by atoms with E-state index in [4.69, 9.17) is 0 Å². The van der Waals surface area contributed by atoms with Gasteiger partial charge in [-0.2, -0.15) is 13.2 Å². The van der Waals surface area contributed by atoms with Crippen LogP contribution in [0, 0.1) is 6.92 Å². The van der Waals surface area contributed by atoms with Crippen molar-refractivity contribution in [1.82, 2.24) is 15.3 Å². The van der Waals surface area contributed by atoms with Crippen LogP contribution in [0.25, 0.3) is 10.9 Å². The summed E-state index contributed by atoms with van der Waals surface area (Å²) in [7, 11) is 1.71. The molecule has 0 spiro atoms. The van der Waals surface area contributed by atoms with Crippen molar-refractivity contribution in [1.29, 1.82) is 0 Å². The number of nitrogens with zero attached hydrogens (tertiary/aromatic N) is 2. The van der Waals surface area contributed by atoms with Gasteiger partial charge < -0.3 is 5.32 Å². The zero-order valence-corrected chi connectivity index (χ0v) is 10.8. The topological polar surface area (TPSA) is 37.8 Å². The number of halogens is 3. The monoisotopic (exact) mass is 269 g/mol. The summed E-state index contributed by atoms with van der Waals surface area (Å²) in [5.41, 5.74) is -0.215. The van der Waals surface area contributed by atoms with E-state index in [-0.39, 0.29) is 11.6 Å². The molecule has 19 heavy (non-hydrogen) atoms. The first-order chi connectivity index (χ1) is 8.84. The zero-order chi connectivity index (χ0) is 14.2. The molecule has 0 amide bonds. The molecule has 0 radical (unpaired) electrons. The van der Waals surface area contributed by atoms with Crippen molar-refractivity contribution >= 4 is 10.9 Å². The van der Waals surface area contributed by atoms with Crippen molar-refractivity contribution in [2.45, 2.75) is 26.1 Å². The lowest BCUT2D eigenvalue weighted by Crippen LogP contribution is -2.17. The summed E-state index contributed by atoms with van der Waals surface area (Å²) in [6.45, 7) is 3.49. The molecule has 2 rings (SSSR count). The molecule has 0 saturated carbocycles. The molecule has 3 nitrogen and oxygen atoms in total. The average Bonchev–Trinajstić information content (AvgIpc) is 2.35. The first kappa shape index (κ1) is 13.7. The minimum absolute atomic E-state index is 0.0420. The predicted octanol–water partition coefficient (Wildman–Crippen LogP) is 3.24. The minimum atomic E-state index is -4.42. The molecule has 6 heteroatoms. The summed E-state index contributed by atoms with van der Waals surface area (Å²) >= 11 is 0. The van der Waals surface area contributed by atoms with E-state index in [9.17, 15) is 13.2 Å². The minimum Gasteiger partial charge on any atom is -0.311 e. The maximum atomic E-state index is 13.0. The van der Waals surface area contributed by atoms with Gasteiger partial charge in [0.2, 0.25) is 0 Å². The number of benzene rings is 1. The maximum absolute atomic E-state index is 13.0. The number of rotatable bonds is 2. The van der Waals surface area contributed by atoms with Crippen LogP contribution >= 0.6 is 0 Å². The molecule has 1 N–H and O–H groups in total. The van der Waals surface area contributed by atoms with E-state index in [1.165, 1.54) is 6.07 Å². The molecule has 1 unspecified atom stereocenters. The first-order valence-electron chi connectivity index (χ1n) is 5.86. The highest BCUT2D eigenvalue weighted by molar-refractivity contribution is 5.84. The van der Waals surface area contributed by atoms with Gasteiger partial charge in [-0.25, -0.2) is 9.97 Å². The average molecular weight is 269 g/mol. The third-order valence-corrected chi connectivity index (χ3v) is 3.06. The summed E-state index contributed by atoms with van der Waals surface area (Å²) < 4.78 is 39.0. The molecule has 2 aromatic rings. The highest BCUT2D eigenvalue weighted by Gasteiger charge is 2.33. The third kappa shape index (κ3) is 2.53. The Bertz CT molecular complexity index is 608. The van der Waals surface area contributed by atoms with Gasteiger partial charge in [0.05, 0.1) is 17.1 Å². The van der Waals surface area contributed by atoms with E-state index in [0.717, 1.165) is 6.07 Å². The van der Waals surface area contributed by atoms with Crippen LogP contribution in [-0.4, -0.2) is 17.0 Å². The maximum Gasteiger partial charge on any atom is 0.418 e. The molecule has 0 bridgehead atoms. The Balaban J connectivity index is 2.76. The number of aromatic nitrogens is 2. The SMILES string of the molecule is CNC(C)c1nc(C)c2cccc(C(F)(F)F)c2n1. The summed E-state index contributed by atoms with van der Waals surface area (Å²) in [5, 5.41) is 3.36. The Hall–Kier alpha value is -1.69. The standard InChI is InChI=1S/C13H14F3N3/c1-7-9-5-4-6-10(13(14,15)16)11(9)19-12(18-7)8(2)17-3/h4-6,8,17H,1-3H3. The first-order valence-corrected chi connectivity index (χ1v) is 5.86. The van der Waals surface area contributed by atoms with Crippen molar-refractivity contribution < 1.29 is 13.2 Å². The molecule has 0 saturated heterocycles. The van der Waals surface area contributed by atoms with Gasteiger partial charge in [0.25, 0.3) is 0 Å². The molecule has 1 aromatic heterocycles. The number of aryl methyl sites for hydroxylation is 1. The van der Waals surface area contributed by atoms with Crippen LogP contribution in [0.4, 0.5) is 13.2 Å². The third-order valence-electron chi connectivity index (χ3n) is 3.06. The summed E-state index contributed by atoms with van der Waals surface area (Å²) in [6.07, 6.45) is -4.42. The van der Waals surface area contributed by atoms with Crippen LogP contribution in [0.3, 0.4) is 0 Å². The summed E-state index contributed by atoms with van der Waals surface area (Å²) in [4.78, 5) is 8.33. The van der Waals surface area contributed by atoms with Gasteiger partial charge >= 0.3 is 6.18 Å². The predicted molar refractivity (Wildman–Crippen MR) is 66.8 cm³/mol. The van der Waals surface area contributed by atoms with Crippen molar-refractivity contribution in [2.24, 2.45) is 0 Å². The lowest BCUT2D eigenvalue weighted by atomic mass is 10.1. The van der Waals surface area contributed by atoms with Crippen molar-refractivity contribution in [3.63, 3.8) is 0 Å². The Kier molecular flexibility index (Phi) is 3.45. The van der Waals surface area contributed by atoms with Crippen molar-refractivity contribution in [3.8, 4) is 0 Å². The zero-order valence-electron chi connectivity index (χ0n) is 10.8. The molecular weight excluding hydrogens is 255 g/mol. The molecule has 0 fully saturated rings. The van der Waals surface area contributed by atoms with Gasteiger partial charge in [-0.15, -0.1) is 0 Å². The van der Waals surface area contributed by atoms with E-state index in [0.29, 0.717) is 16.9 Å². The second-order valence-corrected chi connectivity index (χ2v) is 4.38. The van der Waals surface area contributed by atoms with Crippen LogP contribution in [0.1, 0.15) is 30.0 Å². The largest absolute Gasteiger partial charge is 0.418 e. The van der Waals surface area contributed by atoms with Crippen LogP contribution in [-0.2, 0) is 6.18 Å². The molecule has 0 aliphatic heterocycles. The Morgan fingerprint density at radius 3 is 2.47 bits per heavy atom. The fraction of sp³-hybridized carbons (Fsp3) is 0.385. The van der Waals surface area contributed by atoms with Gasteiger partial charge in [-0.3, -0.25) is 0 Å². The van der Waals surface area contributed by atoms with Gasteiger partial charge in [0, 0.05) is 11.1 Å². The highest BCUT2D eigenvalue weighted by atomic mass is 19.4. The Morgan fingerprint density at radius 2 is 1.89 bits per heavy atom. The molecule has 102 valence electrons. The number of hydrogen-bond donors (Lipinski definition) is 1. The fourth-order valence-electron chi connectivity index (χ4n) is 1.88. The van der Waals surface area contributed by atoms with Crippen molar-refractivity contribution in [3.05, 3.63) is 35.3 Å². The number of fused-ring (bicyclic) bond motifs is 1. The van der Waals surface area contributed by atoms with E-state index in [1.807, 2.05) is 0 Å². The smallest absolute Gasteiger partial charge is 0.311 e. The summed E-state index contributed by atoms with van der Waals surface area (Å²) in [5.74, 6) is 0.365. The number of alkyl halides is 3. The molecule has 1 aromatic carbocycles. The molecule has 0 aliphatic rings. The lowest BCUT2D eigenvalue weighted by Gasteiger charge is -2.14. The fourth-order valence-corrected chi connectivity index (χ4v) is 1.88. The number of nitrogens with one attached hydrogen (secondary N) is 1. The highest BCUT2D eigenvalue weighted by Crippen LogP contribution is 2.34.